The number of hydrogen-bond donors (Lipinski definition) is 0. The van der Waals surface area contributed by atoms with Crippen molar-refractivity contribution in [2.45, 2.75) is 32.7 Å². The summed E-state index contributed by atoms with van der Waals surface area (Å²) in [5, 5.41) is 4.52. The van der Waals surface area contributed by atoms with Crippen molar-refractivity contribution in [1.82, 2.24) is 9.78 Å². The van der Waals surface area contributed by atoms with Crippen LogP contribution in [-0.4, -0.2) is 9.78 Å². The third kappa shape index (κ3) is 1.17. The third-order valence-corrected chi connectivity index (χ3v) is 2.22. The summed E-state index contributed by atoms with van der Waals surface area (Å²) < 4.78 is 2.09. The van der Waals surface area contributed by atoms with Gasteiger partial charge in [-0.1, -0.05) is 19.9 Å². The SMILES string of the molecule is CC(C)c1cc2n(n1)CCC=C2. The van der Waals surface area contributed by atoms with Gasteiger partial charge < -0.3 is 0 Å². The summed E-state index contributed by atoms with van der Waals surface area (Å²) in [5.74, 6) is 0.538. The Labute approximate surface area is 72.9 Å². The quantitative estimate of drug-likeness (QED) is 0.620. The molecule has 2 heteroatoms. The Hall–Kier alpha value is -1.05. The Morgan fingerprint density at radius 1 is 1.50 bits per heavy atom. The van der Waals surface area contributed by atoms with Gasteiger partial charge in [-0.05, 0) is 24.5 Å². The molecule has 0 radical (unpaired) electrons. The standard InChI is InChI=1S/C10H14N2/c1-8(2)10-7-9-5-3-4-6-12(9)11-10/h3,5,7-8H,4,6H2,1-2H3. The zero-order valence-electron chi connectivity index (χ0n) is 7.62. The molecule has 0 bridgehead atoms. The summed E-state index contributed by atoms with van der Waals surface area (Å²) in [6, 6.07) is 2.18. The van der Waals surface area contributed by atoms with Crippen LogP contribution in [0.25, 0.3) is 6.08 Å². The van der Waals surface area contributed by atoms with Crippen molar-refractivity contribution in [3.05, 3.63) is 23.5 Å². The van der Waals surface area contributed by atoms with Gasteiger partial charge >= 0.3 is 0 Å². The topological polar surface area (TPSA) is 17.8 Å². The second kappa shape index (κ2) is 2.77. The van der Waals surface area contributed by atoms with Gasteiger partial charge in [0.1, 0.15) is 0 Å². The van der Waals surface area contributed by atoms with Crippen LogP contribution in [0.3, 0.4) is 0 Å². The molecule has 2 rings (SSSR count). The largest absolute Gasteiger partial charge is 0.265 e. The van der Waals surface area contributed by atoms with E-state index < -0.39 is 0 Å². The van der Waals surface area contributed by atoms with Gasteiger partial charge in [0.25, 0.3) is 0 Å². The van der Waals surface area contributed by atoms with Gasteiger partial charge in [-0.3, -0.25) is 4.68 Å². The molecule has 0 fully saturated rings. The first-order valence-electron chi connectivity index (χ1n) is 4.51. The van der Waals surface area contributed by atoms with Gasteiger partial charge in [0, 0.05) is 6.54 Å². The van der Waals surface area contributed by atoms with E-state index in [1.54, 1.807) is 0 Å². The van der Waals surface area contributed by atoms with Crippen LogP contribution in [0.1, 0.15) is 37.6 Å². The molecular formula is C10H14N2. The molecule has 0 aromatic carbocycles. The molecule has 2 nitrogen and oxygen atoms in total. The smallest absolute Gasteiger partial charge is 0.0656 e. The zero-order valence-corrected chi connectivity index (χ0v) is 7.62. The minimum Gasteiger partial charge on any atom is -0.265 e. The van der Waals surface area contributed by atoms with Crippen LogP contribution in [0.15, 0.2) is 12.1 Å². The average Bonchev–Trinajstić information content (AvgIpc) is 2.46. The van der Waals surface area contributed by atoms with E-state index in [-0.39, 0.29) is 0 Å². The fraction of sp³-hybridized carbons (Fsp3) is 0.500. The number of allylic oxidation sites excluding steroid dienone is 1. The summed E-state index contributed by atoms with van der Waals surface area (Å²) in [7, 11) is 0. The Morgan fingerprint density at radius 2 is 2.33 bits per heavy atom. The van der Waals surface area contributed by atoms with E-state index >= 15 is 0 Å². The second-order valence-electron chi connectivity index (χ2n) is 3.56. The van der Waals surface area contributed by atoms with Crippen LogP contribution in [0.2, 0.25) is 0 Å². The van der Waals surface area contributed by atoms with Crippen LogP contribution in [0.4, 0.5) is 0 Å². The zero-order chi connectivity index (χ0) is 8.55. The van der Waals surface area contributed by atoms with Gasteiger partial charge in [-0.2, -0.15) is 5.10 Å². The number of aryl methyl sites for hydroxylation is 1. The Kier molecular flexibility index (Phi) is 1.75. The van der Waals surface area contributed by atoms with Crippen molar-refractivity contribution in [3.63, 3.8) is 0 Å². The molecule has 1 aliphatic heterocycles. The number of fused-ring (bicyclic) bond motifs is 1. The van der Waals surface area contributed by atoms with Gasteiger partial charge in [-0.15, -0.1) is 0 Å². The van der Waals surface area contributed by atoms with Crippen LogP contribution in [0.5, 0.6) is 0 Å². The summed E-state index contributed by atoms with van der Waals surface area (Å²) in [6.07, 6.45) is 5.48. The van der Waals surface area contributed by atoms with Crippen molar-refractivity contribution in [2.24, 2.45) is 0 Å². The van der Waals surface area contributed by atoms with E-state index in [1.165, 1.54) is 11.4 Å². The van der Waals surface area contributed by atoms with Crippen LogP contribution >= 0.6 is 0 Å². The predicted octanol–water partition coefficient (Wildman–Crippen LogP) is 2.42. The van der Waals surface area contributed by atoms with Crippen molar-refractivity contribution in [3.8, 4) is 0 Å². The van der Waals surface area contributed by atoms with E-state index in [0.29, 0.717) is 5.92 Å². The molecule has 0 N–H and O–H groups in total. The van der Waals surface area contributed by atoms with E-state index in [1.807, 2.05) is 0 Å². The van der Waals surface area contributed by atoms with Crippen LogP contribution < -0.4 is 0 Å². The predicted molar refractivity (Wildman–Crippen MR) is 50.0 cm³/mol. The van der Waals surface area contributed by atoms with Crippen molar-refractivity contribution in [2.75, 3.05) is 0 Å². The van der Waals surface area contributed by atoms with Gasteiger partial charge in [0.2, 0.25) is 0 Å². The monoisotopic (exact) mass is 162 g/mol. The minimum absolute atomic E-state index is 0.538. The highest BCUT2D eigenvalue weighted by Gasteiger charge is 2.09. The first-order chi connectivity index (χ1) is 5.77. The first-order valence-corrected chi connectivity index (χ1v) is 4.51. The lowest BCUT2D eigenvalue weighted by Gasteiger charge is -2.06. The molecular weight excluding hydrogens is 148 g/mol. The maximum Gasteiger partial charge on any atom is 0.0656 e. The molecule has 0 saturated carbocycles. The summed E-state index contributed by atoms with van der Waals surface area (Å²) in [4.78, 5) is 0. The number of aromatic nitrogens is 2. The third-order valence-electron chi connectivity index (χ3n) is 2.22. The molecule has 0 unspecified atom stereocenters. The van der Waals surface area contributed by atoms with Crippen LogP contribution in [0, 0.1) is 0 Å². The van der Waals surface area contributed by atoms with E-state index in [4.69, 9.17) is 0 Å². The van der Waals surface area contributed by atoms with Crippen LogP contribution in [-0.2, 0) is 6.54 Å². The second-order valence-corrected chi connectivity index (χ2v) is 3.56. The van der Waals surface area contributed by atoms with E-state index in [9.17, 15) is 0 Å². The Bertz CT molecular complexity index is 308. The fourth-order valence-corrected chi connectivity index (χ4v) is 1.45. The molecule has 12 heavy (non-hydrogen) atoms. The summed E-state index contributed by atoms with van der Waals surface area (Å²) in [5.41, 5.74) is 2.46. The maximum atomic E-state index is 4.52. The lowest BCUT2D eigenvalue weighted by Crippen LogP contribution is -2.05. The average molecular weight is 162 g/mol. The highest BCUT2D eigenvalue weighted by Crippen LogP contribution is 2.18. The highest BCUT2D eigenvalue weighted by atomic mass is 15.3. The molecule has 0 saturated heterocycles. The molecule has 0 aliphatic carbocycles. The number of nitrogens with zero attached hydrogens (tertiary/aromatic N) is 2. The first kappa shape index (κ1) is 7.59. The lowest BCUT2D eigenvalue weighted by molar-refractivity contribution is 0.594. The maximum absolute atomic E-state index is 4.52. The molecule has 2 heterocycles. The minimum atomic E-state index is 0.538. The number of rotatable bonds is 1. The normalized spacial score (nSPS) is 15.2. The van der Waals surface area contributed by atoms with E-state index in [0.717, 1.165) is 13.0 Å². The van der Waals surface area contributed by atoms with Gasteiger partial charge in [0.05, 0.1) is 11.4 Å². The number of hydrogen-bond acceptors (Lipinski definition) is 1. The molecule has 1 aromatic rings. The molecule has 0 atom stereocenters. The van der Waals surface area contributed by atoms with Crippen molar-refractivity contribution in [1.29, 1.82) is 0 Å². The molecule has 1 aliphatic rings. The lowest BCUT2D eigenvalue weighted by atomic mass is 10.1. The van der Waals surface area contributed by atoms with Gasteiger partial charge in [0.15, 0.2) is 0 Å². The van der Waals surface area contributed by atoms with Crippen molar-refractivity contribution < 1.29 is 0 Å². The highest BCUT2D eigenvalue weighted by molar-refractivity contribution is 5.47. The fourth-order valence-electron chi connectivity index (χ4n) is 1.45. The summed E-state index contributed by atoms with van der Waals surface area (Å²) >= 11 is 0. The summed E-state index contributed by atoms with van der Waals surface area (Å²) in [6.45, 7) is 5.40. The molecule has 64 valence electrons. The molecule has 0 amide bonds. The van der Waals surface area contributed by atoms with Gasteiger partial charge in [-0.25, -0.2) is 0 Å². The molecule has 0 spiro atoms. The molecule has 1 aromatic heterocycles. The van der Waals surface area contributed by atoms with E-state index in [2.05, 4.69) is 41.8 Å². The Balaban J connectivity index is 2.39. The van der Waals surface area contributed by atoms with Crippen molar-refractivity contribution >= 4 is 6.08 Å². The Morgan fingerprint density at radius 3 is 3.00 bits per heavy atom.